The first-order valence-corrected chi connectivity index (χ1v) is 4.51. The van der Waals surface area contributed by atoms with Crippen molar-refractivity contribution in [1.82, 2.24) is 0 Å². The second-order valence-corrected chi connectivity index (χ2v) is 3.40. The second-order valence-electron chi connectivity index (χ2n) is 3.40. The molecule has 0 radical (unpaired) electrons. The highest BCUT2D eigenvalue weighted by Gasteiger charge is 2.36. The zero-order valence-electron chi connectivity index (χ0n) is 8.30. The summed E-state index contributed by atoms with van der Waals surface area (Å²) in [6.07, 6.45) is 0.319. The van der Waals surface area contributed by atoms with Gasteiger partial charge in [-0.1, -0.05) is 0 Å². The summed E-state index contributed by atoms with van der Waals surface area (Å²) in [5.74, 6) is -4.98. The molecular formula is C11H6O6. The summed E-state index contributed by atoms with van der Waals surface area (Å²) in [7, 11) is 0. The summed E-state index contributed by atoms with van der Waals surface area (Å²) >= 11 is 0. The fraction of sp³-hybridized carbons (Fsp3) is 0. The quantitative estimate of drug-likeness (QED) is 0.622. The Hall–Kier alpha value is -2.63. The number of aliphatic hydroxyl groups excluding tert-OH is 2. The normalized spacial score (nSPS) is 14.8. The van der Waals surface area contributed by atoms with Gasteiger partial charge in [-0.2, -0.15) is 0 Å². The van der Waals surface area contributed by atoms with Gasteiger partial charge in [0.15, 0.2) is 6.29 Å². The highest BCUT2D eigenvalue weighted by atomic mass is 16.3. The molecule has 1 aliphatic carbocycles. The summed E-state index contributed by atoms with van der Waals surface area (Å²) in [5, 5.41) is 27.9. The minimum atomic E-state index is -1.14. The predicted molar refractivity (Wildman–Crippen MR) is 54.4 cm³/mol. The van der Waals surface area contributed by atoms with Gasteiger partial charge in [-0.25, -0.2) is 0 Å². The third-order valence-corrected chi connectivity index (χ3v) is 2.45. The fourth-order valence-corrected chi connectivity index (χ4v) is 1.63. The van der Waals surface area contributed by atoms with Crippen molar-refractivity contribution in [3.63, 3.8) is 0 Å². The molecule has 86 valence electrons. The molecule has 0 saturated carbocycles. The highest BCUT2D eigenvalue weighted by molar-refractivity contribution is 6.27. The molecule has 0 aromatic heterocycles. The Balaban J connectivity index is 2.88. The maximum atomic E-state index is 11.6. The summed E-state index contributed by atoms with van der Waals surface area (Å²) in [5.41, 5.74) is -1.02. The Kier molecular flexibility index (Phi) is 2.20. The molecule has 1 aliphatic rings. The molecule has 6 nitrogen and oxygen atoms in total. The van der Waals surface area contributed by atoms with Crippen LogP contribution in [-0.2, 0) is 0 Å². The number of aromatic hydroxyl groups is 1. The van der Waals surface area contributed by atoms with Crippen LogP contribution in [0.2, 0.25) is 0 Å². The number of ketones is 2. The number of phenols is 1. The van der Waals surface area contributed by atoms with E-state index in [0.717, 1.165) is 12.1 Å². The van der Waals surface area contributed by atoms with Crippen LogP contribution in [-0.4, -0.2) is 33.2 Å². The lowest BCUT2D eigenvalue weighted by Crippen LogP contribution is -2.23. The van der Waals surface area contributed by atoms with Gasteiger partial charge in [0.1, 0.15) is 5.75 Å². The van der Waals surface area contributed by atoms with Crippen molar-refractivity contribution in [2.75, 3.05) is 0 Å². The van der Waals surface area contributed by atoms with Gasteiger partial charge in [0.2, 0.25) is 23.1 Å². The average molecular weight is 234 g/mol. The lowest BCUT2D eigenvalue weighted by atomic mass is 9.88. The minimum absolute atomic E-state index is 0.143. The number of hydrogen-bond acceptors (Lipinski definition) is 6. The summed E-state index contributed by atoms with van der Waals surface area (Å²) in [6.45, 7) is 0. The number of allylic oxidation sites excluding steroid dienone is 2. The van der Waals surface area contributed by atoms with Gasteiger partial charge in [0, 0.05) is 5.56 Å². The predicted octanol–water partition coefficient (Wildman–Crippen LogP) is 0.911. The van der Waals surface area contributed by atoms with Crippen LogP contribution >= 0.6 is 0 Å². The summed E-state index contributed by atoms with van der Waals surface area (Å²) < 4.78 is 0. The lowest BCUT2D eigenvalue weighted by Gasteiger charge is -2.16. The number of aldehydes is 1. The largest absolute Gasteiger partial charge is 0.507 e. The summed E-state index contributed by atoms with van der Waals surface area (Å²) in [4.78, 5) is 33.9. The smallest absolute Gasteiger partial charge is 0.235 e. The number of rotatable bonds is 1. The van der Waals surface area contributed by atoms with Crippen LogP contribution < -0.4 is 0 Å². The van der Waals surface area contributed by atoms with Crippen molar-refractivity contribution >= 4 is 17.9 Å². The molecule has 2 rings (SSSR count). The van der Waals surface area contributed by atoms with Crippen LogP contribution in [0.5, 0.6) is 5.75 Å². The van der Waals surface area contributed by atoms with Gasteiger partial charge in [0.05, 0.1) is 11.1 Å². The number of Topliss-reactive ketones (excluding diaryl/α,β-unsaturated/α-hetero) is 2. The Morgan fingerprint density at radius 2 is 1.41 bits per heavy atom. The third-order valence-electron chi connectivity index (χ3n) is 2.45. The molecule has 0 unspecified atom stereocenters. The van der Waals surface area contributed by atoms with Crippen LogP contribution in [0.15, 0.2) is 23.7 Å². The van der Waals surface area contributed by atoms with Crippen LogP contribution in [0.4, 0.5) is 0 Å². The van der Waals surface area contributed by atoms with Crippen molar-refractivity contribution in [2.45, 2.75) is 0 Å². The Morgan fingerprint density at radius 1 is 0.882 bits per heavy atom. The van der Waals surface area contributed by atoms with Gasteiger partial charge in [0.25, 0.3) is 0 Å². The van der Waals surface area contributed by atoms with Crippen LogP contribution in [0.25, 0.3) is 0 Å². The fourth-order valence-electron chi connectivity index (χ4n) is 1.63. The van der Waals surface area contributed by atoms with Crippen molar-refractivity contribution in [1.29, 1.82) is 0 Å². The van der Waals surface area contributed by atoms with Crippen molar-refractivity contribution < 1.29 is 29.7 Å². The maximum absolute atomic E-state index is 11.6. The van der Waals surface area contributed by atoms with E-state index >= 15 is 0 Å². The lowest BCUT2D eigenvalue weighted by molar-refractivity contribution is 0.0876. The molecule has 0 heterocycles. The third kappa shape index (κ3) is 1.31. The number of phenolic OH excluding ortho intramolecular Hbond substituents is 1. The molecule has 0 atom stereocenters. The molecular weight excluding hydrogens is 228 g/mol. The molecule has 17 heavy (non-hydrogen) atoms. The number of aliphatic hydroxyl groups is 2. The van der Waals surface area contributed by atoms with E-state index in [-0.39, 0.29) is 5.56 Å². The standard InChI is InChI=1S/C11H6O6/c12-3-4-1-2-5(13)7-6(4)8(14)10(16)11(17)9(7)15/h1-3,13,16-17H. The van der Waals surface area contributed by atoms with E-state index in [0.29, 0.717) is 6.29 Å². The van der Waals surface area contributed by atoms with Gasteiger partial charge in [-0.05, 0) is 12.1 Å². The van der Waals surface area contributed by atoms with Crippen LogP contribution in [0.3, 0.4) is 0 Å². The monoisotopic (exact) mass is 234 g/mol. The van der Waals surface area contributed by atoms with Gasteiger partial charge >= 0.3 is 0 Å². The van der Waals surface area contributed by atoms with Crippen molar-refractivity contribution in [3.05, 3.63) is 40.3 Å². The van der Waals surface area contributed by atoms with Crippen molar-refractivity contribution in [2.24, 2.45) is 0 Å². The Labute approximate surface area is 94.4 Å². The van der Waals surface area contributed by atoms with E-state index in [4.69, 9.17) is 0 Å². The van der Waals surface area contributed by atoms with Crippen LogP contribution in [0.1, 0.15) is 31.1 Å². The van der Waals surface area contributed by atoms with Crippen LogP contribution in [0, 0.1) is 0 Å². The molecule has 0 amide bonds. The van der Waals surface area contributed by atoms with E-state index in [1.807, 2.05) is 0 Å². The van der Waals surface area contributed by atoms with E-state index in [1.54, 1.807) is 0 Å². The first-order valence-electron chi connectivity index (χ1n) is 4.51. The molecule has 1 aromatic rings. The highest BCUT2D eigenvalue weighted by Crippen LogP contribution is 2.32. The molecule has 3 N–H and O–H groups in total. The van der Waals surface area contributed by atoms with Gasteiger partial charge < -0.3 is 15.3 Å². The zero-order valence-corrected chi connectivity index (χ0v) is 8.30. The Bertz CT molecular complexity index is 596. The SMILES string of the molecule is O=Cc1ccc(O)c2c1C(=O)C(O)=C(O)C2=O. The molecule has 0 fully saturated rings. The molecule has 0 aliphatic heterocycles. The van der Waals surface area contributed by atoms with E-state index < -0.39 is 40.0 Å². The molecule has 0 bridgehead atoms. The van der Waals surface area contributed by atoms with Gasteiger partial charge in [-0.3, -0.25) is 14.4 Å². The molecule has 6 heteroatoms. The Morgan fingerprint density at radius 3 is 1.94 bits per heavy atom. The minimum Gasteiger partial charge on any atom is -0.507 e. The van der Waals surface area contributed by atoms with E-state index in [1.165, 1.54) is 0 Å². The zero-order chi connectivity index (χ0) is 12.7. The van der Waals surface area contributed by atoms with E-state index in [9.17, 15) is 29.7 Å². The van der Waals surface area contributed by atoms with Crippen molar-refractivity contribution in [3.8, 4) is 5.75 Å². The number of fused-ring (bicyclic) bond motifs is 1. The molecule has 0 saturated heterocycles. The first-order chi connectivity index (χ1) is 7.99. The van der Waals surface area contributed by atoms with Gasteiger partial charge in [-0.15, -0.1) is 0 Å². The number of carbonyl (C=O) groups is 3. The topological polar surface area (TPSA) is 112 Å². The number of hydrogen-bond donors (Lipinski definition) is 3. The summed E-state index contributed by atoms with van der Waals surface area (Å²) in [6, 6.07) is 2.20. The first kappa shape index (κ1) is 10.9. The maximum Gasteiger partial charge on any atom is 0.235 e. The average Bonchev–Trinajstić information content (AvgIpc) is 2.33. The molecule has 1 aromatic carbocycles. The molecule has 0 spiro atoms. The second kappa shape index (κ2) is 3.44. The number of benzene rings is 1. The van der Waals surface area contributed by atoms with E-state index in [2.05, 4.69) is 0 Å². The number of carbonyl (C=O) groups excluding carboxylic acids is 3.